The molecule has 0 aliphatic carbocycles. The van der Waals surface area contributed by atoms with Gasteiger partial charge in [0.1, 0.15) is 0 Å². The molecule has 3 rings (SSSR count). The minimum atomic E-state index is 0.660. The number of rotatable bonds is 3. The standard InChI is InChI=1S/C15H10ClN3S/c16-13-9-18-15-12(13)2-1-3-14(15)19-20-11-6-4-10(8-17)5-7-11/h1-7,9,18-19H. The number of para-hydroxylation sites is 1. The molecule has 2 aromatic carbocycles. The summed E-state index contributed by atoms with van der Waals surface area (Å²) in [6, 6.07) is 15.5. The number of halogens is 1. The summed E-state index contributed by atoms with van der Waals surface area (Å²) < 4.78 is 3.30. The van der Waals surface area contributed by atoms with Crippen molar-refractivity contribution in [1.29, 1.82) is 5.26 Å². The monoisotopic (exact) mass is 299 g/mol. The summed E-state index contributed by atoms with van der Waals surface area (Å²) in [5.74, 6) is 0. The second-order valence-corrected chi connectivity index (χ2v) is 5.49. The number of anilines is 1. The van der Waals surface area contributed by atoms with Gasteiger partial charge in [0.05, 0.1) is 27.9 Å². The van der Waals surface area contributed by atoms with E-state index in [9.17, 15) is 0 Å². The second kappa shape index (κ2) is 5.49. The predicted octanol–water partition coefficient (Wildman–Crippen LogP) is 4.81. The summed E-state index contributed by atoms with van der Waals surface area (Å²) in [6.07, 6.45) is 1.78. The lowest BCUT2D eigenvalue weighted by molar-refractivity contribution is 1.41. The van der Waals surface area contributed by atoms with Crippen LogP contribution in [0.15, 0.2) is 53.6 Å². The van der Waals surface area contributed by atoms with Gasteiger partial charge < -0.3 is 9.71 Å². The number of fused-ring (bicyclic) bond motifs is 1. The van der Waals surface area contributed by atoms with Gasteiger partial charge in [0.15, 0.2) is 0 Å². The maximum absolute atomic E-state index is 8.77. The highest BCUT2D eigenvalue weighted by molar-refractivity contribution is 8.00. The molecule has 0 unspecified atom stereocenters. The van der Waals surface area contributed by atoms with E-state index >= 15 is 0 Å². The molecule has 0 aliphatic heterocycles. The number of nitrogens with one attached hydrogen (secondary N) is 2. The lowest BCUT2D eigenvalue weighted by Crippen LogP contribution is -1.88. The first-order chi connectivity index (χ1) is 9.78. The highest BCUT2D eigenvalue weighted by atomic mass is 35.5. The topological polar surface area (TPSA) is 51.6 Å². The first-order valence-corrected chi connectivity index (χ1v) is 7.16. The van der Waals surface area contributed by atoms with Gasteiger partial charge in [-0.15, -0.1) is 0 Å². The van der Waals surface area contributed by atoms with Gasteiger partial charge in [0.25, 0.3) is 0 Å². The maximum atomic E-state index is 8.77. The fourth-order valence-corrected chi connectivity index (χ4v) is 2.80. The van der Waals surface area contributed by atoms with Gasteiger partial charge in [-0.2, -0.15) is 5.26 Å². The van der Waals surface area contributed by atoms with E-state index in [1.54, 1.807) is 18.3 Å². The fraction of sp³-hybridized carbons (Fsp3) is 0. The molecule has 2 N–H and O–H groups in total. The molecule has 0 radical (unpaired) electrons. The Kier molecular flexibility index (Phi) is 3.55. The van der Waals surface area contributed by atoms with Crippen LogP contribution in [0.1, 0.15) is 5.56 Å². The van der Waals surface area contributed by atoms with Crippen LogP contribution >= 0.6 is 23.5 Å². The van der Waals surface area contributed by atoms with E-state index in [2.05, 4.69) is 15.8 Å². The summed E-state index contributed by atoms with van der Waals surface area (Å²) in [5, 5.41) is 10.5. The van der Waals surface area contributed by atoms with Crippen LogP contribution in [0.4, 0.5) is 5.69 Å². The number of aromatic amines is 1. The molecule has 3 aromatic rings. The number of nitrogens with zero attached hydrogens (tertiary/aromatic N) is 1. The molecule has 1 heterocycles. The third-order valence-corrected chi connectivity index (χ3v) is 4.07. The molecule has 3 nitrogen and oxygen atoms in total. The SMILES string of the molecule is N#Cc1ccc(SNc2cccc3c(Cl)c[nH]c23)cc1. The zero-order valence-electron chi connectivity index (χ0n) is 10.4. The Bertz CT molecular complexity index is 787. The largest absolute Gasteiger partial charge is 0.358 e. The van der Waals surface area contributed by atoms with Gasteiger partial charge >= 0.3 is 0 Å². The third kappa shape index (κ3) is 2.46. The molecule has 0 amide bonds. The van der Waals surface area contributed by atoms with Crippen LogP contribution in [0.5, 0.6) is 0 Å². The molecule has 98 valence electrons. The van der Waals surface area contributed by atoms with Crippen molar-refractivity contribution in [1.82, 2.24) is 4.98 Å². The zero-order chi connectivity index (χ0) is 13.9. The molecule has 0 saturated heterocycles. The molecule has 5 heteroatoms. The third-order valence-electron chi connectivity index (χ3n) is 2.93. The van der Waals surface area contributed by atoms with Crippen LogP contribution in [-0.2, 0) is 0 Å². The van der Waals surface area contributed by atoms with E-state index in [1.807, 2.05) is 30.3 Å². The minimum absolute atomic E-state index is 0.660. The zero-order valence-corrected chi connectivity index (χ0v) is 11.9. The lowest BCUT2D eigenvalue weighted by atomic mass is 10.2. The van der Waals surface area contributed by atoms with Gasteiger partial charge in [0, 0.05) is 16.5 Å². The summed E-state index contributed by atoms with van der Waals surface area (Å²) >= 11 is 7.59. The quantitative estimate of drug-likeness (QED) is 0.682. The van der Waals surface area contributed by atoms with Gasteiger partial charge in [0.2, 0.25) is 0 Å². The highest BCUT2D eigenvalue weighted by Crippen LogP contribution is 2.31. The van der Waals surface area contributed by atoms with Gasteiger partial charge in [-0.3, -0.25) is 0 Å². The summed E-state index contributed by atoms with van der Waals surface area (Å²) in [7, 11) is 0. The van der Waals surface area contributed by atoms with Crippen molar-refractivity contribution < 1.29 is 0 Å². The Labute approximate surface area is 125 Å². The van der Waals surface area contributed by atoms with Crippen molar-refractivity contribution in [2.75, 3.05) is 4.72 Å². The van der Waals surface area contributed by atoms with Crippen molar-refractivity contribution in [3.63, 3.8) is 0 Å². The van der Waals surface area contributed by atoms with Crippen molar-refractivity contribution >= 4 is 40.1 Å². The van der Waals surface area contributed by atoms with E-state index in [0.717, 1.165) is 21.5 Å². The van der Waals surface area contributed by atoms with Crippen LogP contribution in [0.25, 0.3) is 10.9 Å². The smallest absolute Gasteiger partial charge is 0.0991 e. The Morgan fingerprint density at radius 1 is 1.15 bits per heavy atom. The predicted molar refractivity (Wildman–Crippen MR) is 83.9 cm³/mol. The average molecular weight is 300 g/mol. The van der Waals surface area contributed by atoms with Crippen LogP contribution in [0, 0.1) is 11.3 Å². The van der Waals surface area contributed by atoms with E-state index in [4.69, 9.17) is 16.9 Å². The normalized spacial score (nSPS) is 10.4. The van der Waals surface area contributed by atoms with Crippen molar-refractivity contribution in [2.45, 2.75) is 4.90 Å². The first kappa shape index (κ1) is 12.9. The molecule has 20 heavy (non-hydrogen) atoms. The lowest BCUT2D eigenvalue weighted by Gasteiger charge is -2.06. The number of hydrogen-bond acceptors (Lipinski definition) is 3. The van der Waals surface area contributed by atoms with Gasteiger partial charge in [-0.25, -0.2) is 0 Å². The minimum Gasteiger partial charge on any atom is -0.358 e. The maximum Gasteiger partial charge on any atom is 0.0991 e. The number of benzene rings is 2. The van der Waals surface area contributed by atoms with Crippen molar-refractivity contribution in [3.05, 3.63) is 59.2 Å². The fourth-order valence-electron chi connectivity index (χ4n) is 1.92. The summed E-state index contributed by atoms with van der Waals surface area (Å²) in [5.41, 5.74) is 2.62. The molecule has 1 aromatic heterocycles. The summed E-state index contributed by atoms with van der Waals surface area (Å²) in [6.45, 7) is 0. The first-order valence-electron chi connectivity index (χ1n) is 5.96. The molecular weight excluding hydrogens is 290 g/mol. The van der Waals surface area contributed by atoms with Gasteiger partial charge in [-0.1, -0.05) is 23.7 Å². The van der Waals surface area contributed by atoms with Crippen LogP contribution < -0.4 is 4.72 Å². The average Bonchev–Trinajstić information content (AvgIpc) is 2.88. The molecule has 0 fully saturated rings. The van der Waals surface area contributed by atoms with E-state index < -0.39 is 0 Å². The summed E-state index contributed by atoms with van der Waals surface area (Å²) in [4.78, 5) is 4.20. The molecular formula is C15H10ClN3S. The molecule has 0 saturated carbocycles. The number of aromatic nitrogens is 1. The number of H-pyrrole nitrogens is 1. The molecule has 0 aliphatic rings. The van der Waals surface area contributed by atoms with Gasteiger partial charge in [-0.05, 0) is 42.3 Å². The Morgan fingerprint density at radius 2 is 1.95 bits per heavy atom. The second-order valence-electron chi connectivity index (χ2n) is 4.21. The van der Waals surface area contributed by atoms with E-state index in [-0.39, 0.29) is 0 Å². The Hall–Kier alpha value is -2.09. The van der Waals surface area contributed by atoms with Crippen LogP contribution in [-0.4, -0.2) is 4.98 Å². The molecule has 0 atom stereocenters. The van der Waals surface area contributed by atoms with Crippen LogP contribution in [0.2, 0.25) is 5.02 Å². The molecule has 0 bridgehead atoms. The number of hydrogen-bond donors (Lipinski definition) is 2. The highest BCUT2D eigenvalue weighted by Gasteiger charge is 2.05. The van der Waals surface area contributed by atoms with Crippen molar-refractivity contribution in [2.24, 2.45) is 0 Å². The van der Waals surface area contributed by atoms with Crippen molar-refractivity contribution in [3.8, 4) is 6.07 Å². The molecule has 0 spiro atoms. The Morgan fingerprint density at radius 3 is 2.70 bits per heavy atom. The van der Waals surface area contributed by atoms with E-state index in [0.29, 0.717) is 10.6 Å². The van der Waals surface area contributed by atoms with E-state index in [1.165, 1.54) is 11.9 Å². The van der Waals surface area contributed by atoms with Crippen LogP contribution in [0.3, 0.4) is 0 Å². The Balaban J connectivity index is 1.81. The number of nitriles is 1.